The van der Waals surface area contributed by atoms with E-state index in [2.05, 4.69) is 13.8 Å². The minimum atomic E-state index is -0.533. The molecule has 0 N–H and O–H groups in total. The SMILES string of the molecule is COC(CC[C@@H](C(C)C)N(Cc1ccccc1)C(=O)OC(C)(C)C)OC. The smallest absolute Gasteiger partial charge is 0.410 e. The molecule has 148 valence electrons. The zero-order valence-corrected chi connectivity index (χ0v) is 17.3. The van der Waals surface area contributed by atoms with Gasteiger partial charge in [-0.3, -0.25) is 0 Å². The average Bonchev–Trinajstić information content (AvgIpc) is 2.56. The number of rotatable bonds is 9. The van der Waals surface area contributed by atoms with Gasteiger partial charge >= 0.3 is 6.09 Å². The average molecular weight is 366 g/mol. The van der Waals surface area contributed by atoms with Crippen molar-refractivity contribution in [3.63, 3.8) is 0 Å². The summed E-state index contributed by atoms with van der Waals surface area (Å²) < 4.78 is 16.3. The van der Waals surface area contributed by atoms with Crippen LogP contribution in [0.4, 0.5) is 4.79 Å². The van der Waals surface area contributed by atoms with Gasteiger partial charge in [0.2, 0.25) is 0 Å². The first-order valence-corrected chi connectivity index (χ1v) is 9.27. The lowest BCUT2D eigenvalue weighted by molar-refractivity contribution is -0.110. The maximum absolute atomic E-state index is 12.9. The number of hydrogen-bond donors (Lipinski definition) is 0. The molecule has 1 atom stereocenters. The van der Waals surface area contributed by atoms with Crippen molar-refractivity contribution in [1.82, 2.24) is 4.90 Å². The molecule has 1 aromatic rings. The molecule has 1 rings (SSSR count). The molecule has 5 heteroatoms. The van der Waals surface area contributed by atoms with Gasteiger partial charge in [0.05, 0.1) is 0 Å². The molecule has 0 fully saturated rings. The number of hydrogen-bond acceptors (Lipinski definition) is 4. The van der Waals surface area contributed by atoms with Crippen molar-refractivity contribution < 1.29 is 19.0 Å². The molecule has 1 amide bonds. The molecule has 1 aromatic carbocycles. The third kappa shape index (κ3) is 7.75. The van der Waals surface area contributed by atoms with E-state index in [0.717, 1.165) is 12.0 Å². The summed E-state index contributed by atoms with van der Waals surface area (Å²) in [6, 6.07) is 10.0. The second-order valence-electron chi connectivity index (χ2n) is 7.88. The molecule has 0 aromatic heterocycles. The van der Waals surface area contributed by atoms with Crippen LogP contribution >= 0.6 is 0 Å². The van der Waals surface area contributed by atoms with Gasteiger partial charge in [-0.2, -0.15) is 0 Å². The van der Waals surface area contributed by atoms with E-state index in [9.17, 15) is 4.79 Å². The molecular formula is C21H35NO4. The fourth-order valence-corrected chi connectivity index (χ4v) is 2.91. The van der Waals surface area contributed by atoms with Gasteiger partial charge in [0.1, 0.15) is 5.60 Å². The monoisotopic (exact) mass is 365 g/mol. The molecule has 0 unspecified atom stereocenters. The first kappa shape index (κ1) is 22.5. The third-order valence-corrected chi connectivity index (χ3v) is 4.22. The van der Waals surface area contributed by atoms with Gasteiger partial charge in [0.15, 0.2) is 6.29 Å². The second-order valence-corrected chi connectivity index (χ2v) is 7.88. The van der Waals surface area contributed by atoms with Crippen molar-refractivity contribution in [2.24, 2.45) is 5.92 Å². The van der Waals surface area contributed by atoms with Crippen LogP contribution in [0.1, 0.15) is 53.0 Å². The Hall–Kier alpha value is -1.59. The van der Waals surface area contributed by atoms with Crippen LogP contribution in [0.25, 0.3) is 0 Å². The van der Waals surface area contributed by atoms with Gasteiger partial charge in [-0.15, -0.1) is 0 Å². The highest BCUT2D eigenvalue weighted by Gasteiger charge is 2.30. The molecule has 0 radical (unpaired) electrons. The summed E-state index contributed by atoms with van der Waals surface area (Å²) in [5, 5.41) is 0. The van der Waals surface area contributed by atoms with Gasteiger partial charge in [-0.1, -0.05) is 44.2 Å². The Labute approximate surface area is 158 Å². The van der Waals surface area contributed by atoms with Crippen LogP contribution < -0.4 is 0 Å². The Morgan fingerprint density at radius 1 is 1.04 bits per heavy atom. The summed E-state index contributed by atoms with van der Waals surface area (Å²) in [5.74, 6) is 0.278. The molecule has 0 bridgehead atoms. The van der Waals surface area contributed by atoms with Crippen molar-refractivity contribution in [2.75, 3.05) is 14.2 Å². The van der Waals surface area contributed by atoms with Crippen molar-refractivity contribution >= 4 is 6.09 Å². The number of benzene rings is 1. The summed E-state index contributed by atoms with van der Waals surface area (Å²) in [7, 11) is 3.27. The first-order valence-electron chi connectivity index (χ1n) is 9.27. The molecule has 0 spiro atoms. The second kappa shape index (κ2) is 10.5. The van der Waals surface area contributed by atoms with Gasteiger partial charge in [0.25, 0.3) is 0 Å². The van der Waals surface area contributed by atoms with Crippen LogP contribution in [0.3, 0.4) is 0 Å². The molecule has 26 heavy (non-hydrogen) atoms. The van der Waals surface area contributed by atoms with Crippen molar-refractivity contribution in [3.05, 3.63) is 35.9 Å². The van der Waals surface area contributed by atoms with E-state index >= 15 is 0 Å². The lowest BCUT2D eigenvalue weighted by Gasteiger charge is -2.36. The molecule has 0 aliphatic carbocycles. The number of carbonyl (C=O) groups is 1. The van der Waals surface area contributed by atoms with Crippen LogP contribution in [-0.2, 0) is 20.8 Å². The number of nitrogens with zero attached hydrogens (tertiary/aromatic N) is 1. The third-order valence-electron chi connectivity index (χ3n) is 4.22. The predicted molar refractivity (Wildman–Crippen MR) is 104 cm³/mol. The number of methoxy groups -OCH3 is 2. The van der Waals surface area contributed by atoms with Gasteiger partial charge in [-0.05, 0) is 38.7 Å². The van der Waals surface area contributed by atoms with E-state index in [1.165, 1.54) is 0 Å². The molecule has 0 aliphatic heterocycles. The zero-order valence-electron chi connectivity index (χ0n) is 17.3. The Balaban J connectivity index is 3.02. The van der Waals surface area contributed by atoms with E-state index in [0.29, 0.717) is 13.0 Å². The largest absolute Gasteiger partial charge is 0.444 e. The Bertz CT molecular complexity index is 521. The van der Waals surface area contributed by atoms with E-state index in [-0.39, 0.29) is 24.3 Å². The Kier molecular flexibility index (Phi) is 9.09. The van der Waals surface area contributed by atoms with Crippen molar-refractivity contribution in [3.8, 4) is 0 Å². The van der Waals surface area contributed by atoms with E-state index in [1.54, 1.807) is 14.2 Å². The quantitative estimate of drug-likeness (QED) is 0.587. The van der Waals surface area contributed by atoms with Crippen LogP contribution in [0.2, 0.25) is 0 Å². The Morgan fingerprint density at radius 3 is 2.08 bits per heavy atom. The lowest BCUT2D eigenvalue weighted by atomic mass is 9.96. The zero-order chi connectivity index (χ0) is 19.7. The number of ether oxygens (including phenoxy) is 3. The topological polar surface area (TPSA) is 48.0 Å². The van der Waals surface area contributed by atoms with Crippen LogP contribution in [0.15, 0.2) is 30.3 Å². The number of amides is 1. The van der Waals surface area contributed by atoms with E-state index in [1.807, 2.05) is 56.0 Å². The normalized spacial score (nSPS) is 13.1. The van der Waals surface area contributed by atoms with Crippen molar-refractivity contribution in [2.45, 2.75) is 71.9 Å². The standard InChI is InChI=1S/C21H35NO4/c1-16(2)18(13-14-19(24-6)25-7)22(20(23)26-21(3,4)5)15-17-11-9-8-10-12-17/h8-12,16,18-19H,13-15H2,1-7H3/t18-/m0/s1. The molecular weight excluding hydrogens is 330 g/mol. The highest BCUT2D eigenvalue weighted by molar-refractivity contribution is 5.68. The summed E-state index contributed by atoms with van der Waals surface area (Å²) in [4.78, 5) is 14.8. The summed E-state index contributed by atoms with van der Waals surface area (Å²) in [6.07, 6.45) is 0.930. The predicted octanol–water partition coefficient (Wildman–Crippen LogP) is 4.85. The molecule has 5 nitrogen and oxygen atoms in total. The maximum Gasteiger partial charge on any atom is 0.410 e. The maximum atomic E-state index is 12.9. The minimum Gasteiger partial charge on any atom is -0.444 e. The van der Waals surface area contributed by atoms with E-state index in [4.69, 9.17) is 14.2 Å². The fraction of sp³-hybridized carbons (Fsp3) is 0.667. The Morgan fingerprint density at radius 2 is 1.62 bits per heavy atom. The minimum absolute atomic E-state index is 0.0258. The molecule has 0 saturated carbocycles. The molecule has 0 saturated heterocycles. The highest BCUT2D eigenvalue weighted by atomic mass is 16.7. The van der Waals surface area contributed by atoms with Crippen LogP contribution in [-0.4, -0.2) is 43.1 Å². The molecule has 0 heterocycles. The van der Waals surface area contributed by atoms with Gasteiger partial charge < -0.3 is 19.1 Å². The van der Waals surface area contributed by atoms with E-state index < -0.39 is 5.60 Å². The highest BCUT2D eigenvalue weighted by Crippen LogP contribution is 2.23. The van der Waals surface area contributed by atoms with Crippen molar-refractivity contribution in [1.29, 1.82) is 0 Å². The van der Waals surface area contributed by atoms with Crippen LogP contribution in [0, 0.1) is 5.92 Å². The summed E-state index contributed by atoms with van der Waals surface area (Å²) >= 11 is 0. The van der Waals surface area contributed by atoms with Gasteiger partial charge in [0, 0.05) is 33.2 Å². The summed E-state index contributed by atoms with van der Waals surface area (Å²) in [5.41, 5.74) is 0.550. The lowest BCUT2D eigenvalue weighted by Crippen LogP contribution is -2.45. The summed E-state index contributed by atoms with van der Waals surface area (Å²) in [6.45, 7) is 10.4. The van der Waals surface area contributed by atoms with Crippen LogP contribution in [0.5, 0.6) is 0 Å². The molecule has 0 aliphatic rings. The first-order chi connectivity index (χ1) is 12.2. The fourth-order valence-electron chi connectivity index (χ4n) is 2.91. The van der Waals surface area contributed by atoms with Gasteiger partial charge in [-0.25, -0.2) is 4.79 Å². The number of carbonyl (C=O) groups excluding carboxylic acids is 1.